The number of sulfonamides is 1. The number of nitrogens with two attached hydrogens (primary N) is 1. The minimum atomic E-state index is -3.63. The minimum absolute atomic E-state index is 0.0183. The molecule has 0 spiro atoms. The fourth-order valence-electron chi connectivity index (χ4n) is 1.62. The van der Waals surface area contributed by atoms with E-state index in [1.807, 2.05) is 13.8 Å². The predicted octanol–water partition coefficient (Wildman–Crippen LogP) is 0.964. The lowest BCUT2D eigenvalue weighted by Crippen LogP contribution is -2.34. The molecule has 4 N–H and O–H groups in total. The van der Waals surface area contributed by atoms with Crippen molar-refractivity contribution >= 4 is 15.7 Å². The van der Waals surface area contributed by atoms with Crippen LogP contribution in [0.5, 0.6) is 5.75 Å². The quantitative estimate of drug-likeness (QED) is 0.651. The van der Waals surface area contributed by atoms with Gasteiger partial charge >= 0.3 is 0 Å². The smallest absolute Gasteiger partial charge is 0.240 e. The summed E-state index contributed by atoms with van der Waals surface area (Å²) in [5.74, 6) is 0.322. The highest BCUT2D eigenvalue weighted by Crippen LogP contribution is 2.25. The number of nitrogens with one attached hydrogen (secondary N) is 1. The van der Waals surface area contributed by atoms with Gasteiger partial charge < -0.3 is 15.6 Å². The average molecular weight is 302 g/mol. The van der Waals surface area contributed by atoms with Gasteiger partial charge in [-0.25, -0.2) is 13.1 Å². The highest BCUT2D eigenvalue weighted by Gasteiger charge is 2.22. The Morgan fingerprint density at radius 3 is 2.60 bits per heavy atom. The standard InChI is InChI=1S/C13H22N2O4S/c1-13(2,6-7-16)9-15-20(17,18)10-4-5-11(14)12(8-10)19-3/h4-5,8,15-16H,6-7,9,14H2,1-3H3. The van der Waals surface area contributed by atoms with Crippen LogP contribution in [0.2, 0.25) is 0 Å². The molecule has 6 nitrogen and oxygen atoms in total. The molecule has 0 unspecified atom stereocenters. The number of nitrogen functional groups attached to an aromatic ring is 1. The summed E-state index contributed by atoms with van der Waals surface area (Å²) in [7, 11) is -2.20. The maximum atomic E-state index is 12.2. The van der Waals surface area contributed by atoms with E-state index in [1.54, 1.807) is 0 Å². The van der Waals surface area contributed by atoms with E-state index in [9.17, 15) is 8.42 Å². The number of aliphatic hydroxyl groups is 1. The van der Waals surface area contributed by atoms with Crippen LogP contribution >= 0.6 is 0 Å². The second-order valence-electron chi connectivity index (χ2n) is 5.37. The first-order chi connectivity index (χ1) is 9.22. The number of hydrogen-bond acceptors (Lipinski definition) is 5. The first kappa shape index (κ1) is 16.7. The van der Waals surface area contributed by atoms with E-state index in [-0.39, 0.29) is 23.5 Å². The molecule has 0 saturated carbocycles. The number of benzene rings is 1. The van der Waals surface area contributed by atoms with Crippen molar-refractivity contribution in [2.45, 2.75) is 25.2 Å². The van der Waals surface area contributed by atoms with Gasteiger partial charge in [0, 0.05) is 19.2 Å². The number of aliphatic hydroxyl groups excluding tert-OH is 1. The largest absolute Gasteiger partial charge is 0.495 e. The second-order valence-corrected chi connectivity index (χ2v) is 7.13. The van der Waals surface area contributed by atoms with Crippen molar-refractivity contribution < 1.29 is 18.3 Å². The van der Waals surface area contributed by atoms with Crippen molar-refractivity contribution in [1.82, 2.24) is 4.72 Å². The van der Waals surface area contributed by atoms with E-state index in [1.165, 1.54) is 25.3 Å². The lowest BCUT2D eigenvalue weighted by atomic mass is 9.90. The number of methoxy groups -OCH3 is 1. The third-order valence-electron chi connectivity index (χ3n) is 3.04. The van der Waals surface area contributed by atoms with Crippen LogP contribution in [0.3, 0.4) is 0 Å². The fourth-order valence-corrected chi connectivity index (χ4v) is 2.88. The average Bonchev–Trinajstić information content (AvgIpc) is 2.37. The van der Waals surface area contributed by atoms with Crippen molar-refractivity contribution in [3.05, 3.63) is 18.2 Å². The molecule has 0 fully saturated rings. The van der Waals surface area contributed by atoms with Gasteiger partial charge in [-0.15, -0.1) is 0 Å². The van der Waals surface area contributed by atoms with Crippen LogP contribution < -0.4 is 15.2 Å². The number of hydrogen-bond donors (Lipinski definition) is 3. The molecular formula is C13H22N2O4S. The highest BCUT2D eigenvalue weighted by molar-refractivity contribution is 7.89. The number of anilines is 1. The van der Waals surface area contributed by atoms with E-state index >= 15 is 0 Å². The predicted molar refractivity (Wildman–Crippen MR) is 78.1 cm³/mol. The SMILES string of the molecule is COc1cc(S(=O)(=O)NCC(C)(C)CCO)ccc1N. The lowest BCUT2D eigenvalue weighted by molar-refractivity contribution is 0.213. The third-order valence-corrected chi connectivity index (χ3v) is 4.44. The third kappa shape index (κ3) is 4.36. The molecule has 0 radical (unpaired) electrons. The maximum Gasteiger partial charge on any atom is 0.240 e. The summed E-state index contributed by atoms with van der Waals surface area (Å²) in [5.41, 5.74) is 5.72. The summed E-state index contributed by atoms with van der Waals surface area (Å²) in [6.07, 6.45) is 0.514. The Hall–Kier alpha value is -1.31. The van der Waals surface area contributed by atoms with E-state index < -0.39 is 10.0 Å². The van der Waals surface area contributed by atoms with Crippen LogP contribution in [0, 0.1) is 5.41 Å². The molecule has 1 aromatic rings. The molecule has 0 atom stereocenters. The van der Waals surface area contributed by atoms with Gasteiger partial charge in [0.2, 0.25) is 10.0 Å². The van der Waals surface area contributed by atoms with E-state index in [2.05, 4.69) is 4.72 Å². The molecule has 0 aliphatic rings. The van der Waals surface area contributed by atoms with Gasteiger partial charge in [-0.3, -0.25) is 0 Å². The van der Waals surface area contributed by atoms with Crippen molar-refractivity contribution in [3.8, 4) is 5.75 Å². The summed E-state index contributed by atoms with van der Waals surface area (Å²) in [4.78, 5) is 0.100. The van der Waals surface area contributed by atoms with Gasteiger partial charge in [0.05, 0.1) is 17.7 Å². The van der Waals surface area contributed by atoms with Crippen molar-refractivity contribution in [3.63, 3.8) is 0 Å². The van der Waals surface area contributed by atoms with E-state index in [4.69, 9.17) is 15.6 Å². The molecule has 7 heteroatoms. The molecule has 0 bridgehead atoms. The summed E-state index contributed by atoms with van der Waals surface area (Å²) in [5, 5.41) is 8.94. The Kier molecular flexibility index (Phi) is 5.38. The van der Waals surface area contributed by atoms with Crippen molar-refractivity contribution in [1.29, 1.82) is 0 Å². The zero-order valence-corrected chi connectivity index (χ0v) is 12.8. The minimum Gasteiger partial charge on any atom is -0.495 e. The summed E-state index contributed by atoms with van der Waals surface area (Å²) >= 11 is 0. The fraction of sp³-hybridized carbons (Fsp3) is 0.538. The van der Waals surface area contributed by atoms with Crippen LogP contribution in [0.1, 0.15) is 20.3 Å². The summed E-state index contributed by atoms with van der Waals surface area (Å²) < 4.78 is 31.9. The molecule has 20 heavy (non-hydrogen) atoms. The molecule has 0 aliphatic carbocycles. The second kappa shape index (κ2) is 6.43. The van der Waals surface area contributed by atoms with Gasteiger partial charge in [0.15, 0.2) is 0 Å². The van der Waals surface area contributed by atoms with Gasteiger partial charge in [0.25, 0.3) is 0 Å². The molecule has 0 aliphatic heterocycles. The van der Waals surface area contributed by atoms with E-state index in [0.29, 0.717) is 17.9 Å². The maximum absolute atomic E-state index is 12.2. The van der Waals surface area contributed by atoms with Crippen LogP contribution in [-0.2, 0) is 10.0 Å². The van der Waals surface area contributed by atoms with Gasteiger partial charge in [-0.1, -0.05) is 13.8 Å². The summed E-state index contributed by atoms with van der Waals surface area (Å²) in [6, 6.07) is 4.31. The molecule has 1 aromatic carbocycles. The van der Waals surface area contributed by atoms with Crippen LogP contribution in [0.25, 0.3) is 0 Å². The van der Waals surface area contributed by atoms with Gasteiger partial charge in [-0.2, -0.15) is 0 Å². The molecule has 0 amide bonds. The monoisotopic (exact) mass is 302 g/mol. The Morgan fingerprint density at radius 2 is 2.05 bits per heavy atom. The number of rotatable bonds is 7. The van der Waals surface area contributed by atoms with Crippen molar-refractivity contribution in [2.24, 2.45) is 5.41 Å². The highest BCUT2D eigenvalue weighted by atomic mass is 32.2. The first-order valence-corrected chi connectivity index (χ1v) is 7.74. The Bertz CT molecular complexity index is 555. The van der Waals surface area contributed by atoms with Crippen LogP contribution in [-0.4, -0.2) is 33.8 Å². The normalized spacial score (nSPS) is 12.4. The Morgan fingerprint density at radius 1 is 1.40 bits per heavy atom. The zero-order chi connectivity index (χ0) is 15.4. The van der Waals surface area contributed by atoms with E-state index in [0.717, 1.165) is 0 Å². The van der Waals surface area contributed by atoms with Crippen LogP contribution in [0.15, 0.2) is 23.1 Å². The topological polar surface area (TPSA) is 102 Å². The van der Waals surface area contributed by atoms with Crippen LogP contribution in [0.4, 0.5) is 5.69 Å². The molecule has 114 valence electrons. The van der Waals surface area contributed by atoms with Gasteiger partial charge in [-0.05, 0) is 24.0 Å². The summed E-state index contributed by atoms with van der Waals surface area (Å²) in [6.45, 7) is 4.03. The Labute approximate surface area is 120 Å². The first-order valence-electron chi connectivity index (χ1n) is 6.26. The zero-order valence-electron chi connectivity index (χ0n) is 12.0. The molecule has 0 aromatic heterocycles. The lowest BCUT2D eigenvalue weighted by Gasteiger charge is -2.23. The molecule has 1 rings (SSSR count). The molecule has 0 heterocycles. The molecule has 0 saturated heterocycles. The van der Waals surface area contributed by atoms with Crippen molar-refractivity contribution in [2.75, 3.05) is 26.0 Å². The molecular weight excluding hydrogens is 280 g/mol. The Balaban J connectivity index is 2.89. The van der Waals surface area contributed by atoms with Gasteiger partial charge in [0.1, 0.15) is 5.75 Å². The number of ether oxygens (including phenoxy) is 1.